The number of aryl methyl sites for hydroxylation is 1. The minimum absolute atomic E-state index is 0.230. The van der Waals surface area contributed by atoms with E-state index in [2.05, 4.69) is 5.32 Å². The second kappa shape index (κ2) is 11.4. The first-order valence-electron chi connectivity index (χ1n) is 12.3. The highest BCUT2D eigenvalue weighted by Gasteiger charge is 2.36. The summed E-state index contributed by atoms with van der Waals surface area (Å²) in [6.07, 6.45) is 1.61. The monoisotopic (exact) mass is 538 g/mol. The molecule has 0 radical (unpaired) electrons. The van der Waals surface area contributed by atoms with Crippen LogP contribution in [0.25, 0.3) is 16.8 Å². The van der Waals surface area contributed by atoms with Gasteiger partial charge in [0.2, 0.25) is 5.91 Å². The third kappa shape index (κ3) is 5.97. The lowest BCUT2D eigenvalue weighted by atomic mass is 10.1. The molecule has 0 aliphatic carbocycles. The Bertz CT molecular complexity index is 1590. The molecule has 0 bridgehead atoms. The minimum atomic E-state index is -0.517. The molecule has 4 aromatic carbocycles. The summed E-state index contributed by atoms with van der Waals surface area (Å²) in [4.78, 5) is 39.5. The van der Waals surface area contributed by atoms with E-state index in [0.29, 0.717) is 29.4 Å². The summed E-state index contributed by atoms with van der Waals surface area (Å²) in [5, 5.41) is 4.18. The third-order valence-electron chi connectivity index (χ3n) is 6.24. The van der Waals surface area contributed by atoms with Crippen molar-refractivity contribution < 1.29 is 23.9 Å². The SMILES string of the molecule is COc1cc(/C=C2/SC(=O)N(CC(=O)Nc3cccc4ccccc34)C2=O)ccc1OCc1ccc(C)cc1. The number of methoxy groups -OCH3 is 1. The van der Waals surface area contributed by atoms with Gasteiger partial charge in [-0.25, -0.2) is 0 Å². The number of carbonyl (C=O) groups excluding carboxylic acids is 3. The van der Waals surface area contributed by atoms with Gasteiger partial charge in [-0.3, -0.25) is 19.3 Å². The van der Waals surface area contributed by atoms with E-state index >= 15 is 0 Å². The fourth-order valence-electron chi connectivity index (χ4n) is 4.19. The molecular weight excluding hydrogens is 512 g/mol. The number of carbonyl (C=O) groups is 3. The molecule has 196 valence electrons. The molecule has 1 aliphatic heterocycles. The van der Waals surface area contributed by atoms with Crippen LogP contribution in [0.5, 0.6) is 11.5 Å². The van der Waals surface area contributed by atoms with E-state index in [4.69, 9.17) is 9.47 Å². The van der Waals surface area contributed by atoms with Gasteiger partial charge < -0.3 is 14.8 Å². The Hall–Kier alpha value is -4.56. The lowest BCUT2D eigenvalue weighted by Crippen LogP contribution is -2.36. The Morgan fingerprint density at radius 3 is 2.51 bits per heavy atom. The largest absolute Gasteiger partial charge is 0.493 e. The van der Waals surface area contributed by atoms with Crippen molar-refractivity contribution in [3.8, 4) is 11.5 Å². The second-order valence-electron chi connectivity index (χ2n) is 9.03. The number of rotatable bonds is 8. The van der Waals surface area contributed by atoms with E-state index < -0.39 is 17.1 Å². The van der Waals surface area contributed by atoms with E-state index in [0.717, 1.165) is 33.0 Å². The number of benzene rings is 4. The highest BCUT2D eigenvalue weighted by Crippen LogP contribution is 2.35. The zero-order valence-corrected chi connectivity index (χ0v) is 22.3. The van der Waals surface area contributed by atoms with Crippen LogP contribution in [0.1, 0.15) is 16.7 Å². The lowest BCUT2D eigenvalue weighted by Gasteiger charge is -2.13. The van der Waals surface area contributed by atoms with Gasteiger partial charge in [-0.1, -0.05) is 72.3 Å². The summed E-state index contributed by atoms with van der Waals surface area (Å²) in [6.45, 7) is 2.04. The third-order valence-corrected chi connectivity index (χ3v) is 7.15. The van der Waals surface area contributed by atoms with Crippen molar-refractivity contribution in [2.45, 2.75) is 13.5 Å². The Labute approximate surface area is 230 Å². The summed E-state index contributed by atoms with van der Waals surface area (Å²) < 4.78 is 11.4. The molecule has 7 nitrogen and oxygen atoms in total. The van der Waals surface area contributed by atoms with Gasteiger partial charge in [0.15, 0.2) is 11.5 Å². The number of hydrogen-bond acceptors (Lipinski definition) is 6. The number of imide groups is 1. The Morgan fingerprint density at radius 1 is 0.949 bits per heavy atom. The Kier molecular flexibility index (Phi) is 7.65. The molecule has 1 N–H and O–H groups in total. The van der Waals surface area contributed by atoms with E-state index in [9.17, 15) is 14.4 Å². The maximum absolute atomic E-state index is 13.0. The predicted octanol–water partition coefficient (Wildman–Crippen LogP) is 6.41. The summed E-state index contributed by atoms with van der Waals surface area (Å²) in [5.74, 6) is 0.0985. The average molecular weight is 539 g/mol. The number of thioether (sulfide) groups is 1. The fraction of sp³-hybridized carbons (Fsp3) is 0.129. The molecule has 0 atom stereocenters. The van der Waals surface area contributed by atoms with Gasteiger partial charge in [-0.05, 0) is 59.5 Å². The number of ether oxygens (including phenoxy) is 2. The van der Waals surface area contributed by atoms with E-state index in [1.165, 1.54) is 5.56 Å². The molecule has 1 saturated heterocycles. The molecule has 8 heteroatoms. The highest BCUT2D eigenvalue weighted by atomic mass is 32.2. The van der Waals surface area contributed by atoms with E-state index in [1.54, 1.807) is 37.5 Å². The molecule has 1 heterocycles. The maximum atomic E-state index is 13.0. The summed E-state index contributed by atoms with van der Waals surface area (Å²) in [5.41, 5.74) is 3.50. The number of amides is 3. The van der Waals surface area contributed by atoms with Crippen molar-refractivity contribution in [1.82, 2.24) is 4.90 Å². The topological polar surface area (TPSA) is 84.9 Å². The summed E-state index contributed by atoms with van der Waals surface area (Å²) in [7, 11) is 1.54. The molecular formula is C31H26N2O5S. The normalized spacial score (nSPS) is 14.2. The van der Waals surface area contributed by atoms with Crippen LogP contribution in [0.2, 0.25) is 0 Å². The zero-order valence-electron chi connectivity index (χ0n) is 21.5. The molecule has 39 heavy (non-hydrogen) atoms. The van der Waals surface area contributed by atoms with Crippen molar-refractivity contribution in [1.29, 1.82) is 0 Å². The minimum Gasteiger partial charge on any atom is -0.493 e. The van der Waals surface area contributed by atoms with Crippen molar-refractivity contribution in [3.63, 3.8) is 0 Å². The van der Waals surface area contributed by atoms with Gasteiger partial charge >= 0.3 is 0 Å². The van der Waals surface area contributed by atoms with Crippen LogP contribution in [0.3, 0.4) is 0 Å². The van der Waals surface area contributed by atoms with Gasteiger partial charge in [0, 0.05) is 11.1 Å². The average Bonchev–Trinajstić information content (AvgIpc) is 3.20. The maximum Gasteiger partial charge on any atom is 0.294 e. The van der Waals surface area contributed by atoms with E-state index in [1.807, 2.05) is 67.6 Å². The Balaban J connectivity index is 1.26. The smallest absolute Gasteiger partial charge is 0.294 e. The van der Waals surface area contributed by atoms with Crippen LogP contribution in [0.15, 0.2) is 89.8 Å². The van der Waals surface area contributed by atoms with Crippen molar-refractivity contribution in [2.24, 2.45) is 0 Å². The number of hydrogen-bond donors (Lipinski definition) is 1. The number of anilines is 1. The van der Waals surface area contributed by atoms with E-state index in [-0.39, 0.29) is 11.4 Å². The van der Waals surface area contributed by atoms with Crippen LogP contribution < -0.4 is 14.8 Å². The molecule has 0 spiro atoms. The van der Waals surface area contributed by atoms with Gasteiger partial charge in [-0.2, -0.15) is 0 Å². The molecule has 0 unspecified atom stereocenters. The molecule has 3 amide bonds. The molecule has 1 fully saturated rings. The summed E-state index contributed by atoms with van der Waals surface area (Å²) >= 11 is 0.800. The van der Waals surface area contributed by atoms with Crippen LogP contribution in [0.4, 0.5) is 10.5 Å². The van der Waals surface area contributed by atoms with Gasteiger partial charge in [0.1, 0.15) is 13.2 Å². The molecule has 1 aliphatic rings. The van der Waals surface area contributed by atoms with Gasteiger partial charge in [0.05, 0.1) is 12.0 Å². The van der Waals surface area contributed by atoms with Gasteiger partial charge in [-0.15, -0.1) is 0 Å². The van der Waals surface area contributed by atoms with Crippen molar-refractivity contribution in [3.05, 3.63) is 107 Å². The number of fused-ring (bicyclic) bond motifs is 1. The highest BCUT2D eigenvalue weighted by molar-refractivity contribution is 8.18. The van der Waals surface area contributed by atoms with Crippen LogP contribution in [0, 0.1) is 6.92 Å². The molecule has 4 aromatic rings. The molecule has 0 aromatic heterocycles. The fourth-order valence-corrected chi connectivity index (χ4v) is 5.03. The second-order valence-corrected chi connectivity index (χ2v) is 10.0. The number of nitrogens with zero attached hydrogens (tertiary/aromatic N) is 1. The van der Waals surface area contributed by atoms with Crippen LogP contribution in [-0.2, 0) is 16.2 Å². The first-order valence-corrected chi connectivity index (χ1v) is 13.1. The first-order chi connectivity index (χ1) is 18.9. The quantitative estimate of drug-likeness (QED) is 0.261. The summed E-state index contributed by atoms with van der Waals surface area (Å²) in [6, 6.07) is 26.6. The van der Waals surface area contributed by atoms with Crippen LogP contribution >= 0.6 is 11.8 Å². The van der Waals surface area contributed by atoms with Crippen molar-refractivity contribution in [2.75, 3.05) is 19.0 Å². The lowest BCUT2D eigenvalue weighted by molar-refractivity contribution is -0.127. The molecule has 5 rings (SSSR count). The Morgan fingerprint density at radius 2 is 1.72 bits per heavy atom. The zero-order chi connectivity index (χ0) is 27.4. The van der Waals surface area contributed by atoms with Crippen molar-refractivity contribution >= 4 is 51.4 Å². The number of nitrogens with one attached hydrogen (secondary N) is 1. The van der Waals surface area contributed by atoms with Gasteiger partial charge in [0.25, 0.3) is 11.1 Å². The van der Waals surface area contributed by atoms with Crippen LogP contribution in [-0.4, -0.2) is 35.6 Å². The molecule has 0 saturated carbocycles. The predicted molar refractivity (Wildman–Crippen MR) is 154 cm³/mol. The first kappa shape index (κ1) is 26.1. The standard InChI is InChI=1S/C31H26N2O5S/c1-20-10-12-21(13-11-20)19-38-26-15-14-22(16-27(26)37-2)17-28-30(35)33(31(36)39-28)18-29(34)32-25-9-5-7-23-6-3-4-8-24(23)25/h3-17H,18-19H2,1-2H3,(H,32,34)/b28-17+.